The Bertz CT molecular complexity index is 856. The number of quaternary nitrogens is 1. The highest BCUT2D eigenvalue weighted by molar-refractivity contribution is 5.94. The number of ether oxygens (including phenoxy) is 1. The third-order valence-electron chi connectivity index (χ3n) is 4.90. The van der Waals surface area contributed by atoms with Crippen LogP contribution in [0.15, 0.2) is 72.6 Å². The van der Waals surface area contributed by atoms with Crippen LogP contribution in [-0.2, 0) is 4.74 Å². The summed E-state index contributed by atoms with van der Waals surface area (Å²) in [5.41, 5.74) is 4.59. The fraction of sp³-hybridized carbons (Fsp3) is 0.200. The van der Waals surface area contributed by atoms with E-state index in [1.165, 1.54) is 17.2 Å². The van der Waals surface area contributed by atoms with Gasteiger partial charge >= 0.3 is 5.88 Å². The summed E-state index contributed by atoms with van der Waals surface area (Å²) in [6.45, 7) is 2.92. The standard InChI is InChI=1S/C20H19N2O3/c1-2-14-22(20-13-7-12-19(25-20)21(23)24)17-10-5-3-8-15(17)16-9-4-6-11-18(16)22/h3-13,20H,2,14H2,1H3/q+1. The van der Waals surface area contributed by atoms with Crippen molar-refractivity contribution in [3.8, 4) is 11.1 Å². The maximum absolute atomic E-state index is 11.2. The summed E-state index contributed by atoms with van der Waals surface area (Å²) in [6.07, 6.45) is 5.52. The van der Waals surface area contributed by atoms with E-state index < -0.39 is 11.2 Å². The van der Waals surface area contributed by atoms with E-state index in [1.54, 1.807) is 6.08 Å². The monoisotopic (exact) mass is 335 g/mol. The molecule has 0 aromatic heterocycles. The van der Waals surface area contributed by atoms with Gasteiger partial charge in [0.15, 0.2) is 0 Å². The smallest absolute Gasteiger partial charge is 0.382 e. The number of fused-ring (bicyclic) bond motifs is 3. The van der Waals surface area contributed by atoms with Crippen molar-refractivity contribution >= 4 is 11.4 Å². The van der Waals surface area contributed by atoms with Crippen molar-refractivity contribution in [2.24, 2.45) is 0 Å². The Kier molecular flexibility index (Phi) is 3.66. The van der Waals surface area contributed by atoms with Gasteiger partial charge in [-0.1, -0.05) is 31.2 Å². The minimum Gasteiger partial charge on any atom is -0.382 e. The van der Waals surface area contributed by atoms with Gasteiger partial charge in [-0.3, -0.25) is 10.1 Å². The zero-order valence-corrected chi connectivity index (χ0v) is 14.0. The lowest BCUT2D eigenvalue weighted by Crippen LogP contribution is -2.53. The van der Waals surface area contributed by atoms with Crippen LogP contribution in [0.3, 0.4) is 0 Å². The molecule has 5 heteroatoms. The first-order valence-corrected chi connectivity index (χ1v) is 8.45. The summed E-state index contributed by atoms with van der Waals surface area (Å²) in [5, 5.41) is 11.2. The van der Waals surface area contributed by atoms with E-state index in [0.717, 1.165) is 24.3 Å². The van der Waals surface area contributed by atoms with Crippen molar-refractivity contribution in [2.45, 2.75) is 19.6 Å². The number of allylic oxidation sites excluding steroid dienone is 2. The van der Waals surface area contributed by atoms with Crippen LogP contribution in [0.5, 0.6) is 0 Å². The first kappa shape index (κ1) is 15.6. The first-order valence-electron chi connectivity index (χ1n) is 8.45. The van der Waals surface area contributed by atoms with E-state index >= 15 is 0 Å². The molecular weight excluding hydrogens is 316 g/mol. The number of nitro groups is 1. The maximum atomic E-state index is 11.2. The fourth-order valence-corrected chi connectivity index (χ4v) is 4.00. The molecule has 126 valence electrons. The first-order chi connectivity index (χ1) is 12.2. The number of para-hydroxylation sites is 2. The molecule has 2 heterocycles. The minimum atomic E-state index is -0.465. The molecule has 0 aliphatic carbocycles. The number of hydrogen-bond donors (Lipinski definition) is 0. The molecule has 5 nitrogen and oxygen atoms in total. The summed E-state index contributed by atoms with van der Waals surface area (Å²) in [6, 6.07) is 16.5. The molecule has 25 heavy (non-hydrogen) atoms. The largest absolute Gasteiger partial charge is 0.432 e. The zero-order chi connectivity index (χ0) is 17.4. The minimum absolute atomic E-state index is 0.206. The molecule has 0 amide bonds. The Morgan fingerprint density at radius 3 is 2.24 bits per heavy atom. The van der Waals surface area contributed by atoms with Gasteiger partial charge in [0.05, 0.1) is 12.6 Å². The van der Waals surface area contributed by atoms with Crippen molar-refractivity contribution in [2.75, 3.05) is 6.54 Å². The Labute approximate surface area is 146 Å². The summed E-state index contributed by atoms with van der Waals surface area (Å²) in [5.74, 6) is -0.206. The highest BCUT2D eigenvalue weighted by atomic mass is 16.7. The molecule has 0 fully saturated rings. The summed E-state index contributed by atoms with van der Waals surface area (Å²) < 4.78 is 6.30. The van der Waals surface area contributed by atoms with Gasteiger partial charge in [-0.15, -0.1) is 0 Å². The van der Waals surface area contributed by atoms with Crippen LogP contribution in [0.25, 0.3) is 11.1 Å². The Balaban J connectivity index is 1.94. The molecule has 4 rings (SSSR count). The van der Waals surface area contributed by atoms with Crippen LogP contribution in [-0.4, -0.2) is 17.7 Å². The van der Waals surface area contributed by atoms with Crippen LogP contribution in [0.1, 0.15) is 13.3 Å². The molecule has 0 radical (unpaired) electrons. The van der Waals surface area contributed by atoms with E-state index in [2.05, 4.69) is 31.2 Å². The van der Waals surface area contributed by atoms with Gasteiger partial charge in [0, 0.05) is 29.3 Å². The van der Waals surface area contributed by atoms with Crippen molar-refractivity contribution in [1.29, 1.82) is 0 Å². The highest BCUT2D eigenvalue weighted by Gasteiger charge is 2.50. The molecule has 2 aromatic rings. The molecule has 0 bridgehead atoms. The highest BCUT2D eigenvalue weighted by Crippen LogP contribution is 2.55. The van der Waals surface area contributed by atoms with E-state index in [-0.39, 0.29) is 5.88 Å². The van der Waals surface area contributed by atoms with E-state index in [0.29, 0.717) is 4.48 Å². The van der Waals surface area contributed by atoms with Crippen LogP contribution in [0.2, 0.25) is 0 Å². The molecule has 0 N–H and O–H groups in total. The zero-order valence-electron chi connectivity index (χ0n) is 14.0. The lowest BCUT2D eigenvalue weighted by atomic mass is 10.1. The number of benzene rings is 2. The third kappa shape index (κ3) is 2.20. The van der Waals surface area contributed by atoms with Crippen LogP contribution in [0.4, 0.5) is 11.4 Å². The quantitative estimate of drug-likeness (QED) is 0.460. The van der Waals surface area contributed by atoms with Crippen molar-refractivity contribution in [1.82, 2.24) is 4.48 Å². The fourth-order valence-electron chi connectivity index (χ4n) is 4.00. The predicted molar refractivity (Wildman–Crippen MR) is 97.6 cm³/mol. The Morgan fingerprint density at radius 2 is 1.68 bits per heavy atom. The Morgan fingerprint density at radius 1 is 1.08 bits per heavy atom. The van der Waals surface area contributed by atoms with E-state index in [9.17, 15) is 10.1 Å². The molecule has 2 aliphatic rings. The maximum Gasteiger partial charge on any atom is 0.432 e. The summed E-state index contributed by atoms with van der Waals surface area (Å²) in [4.78, 5) is 10.8. The van der Waals surface area contributed by atoms with Crippen molar-refractivity contribution in [3.63, 3.8) is 0 Å². The molecule has 0 saturated carbocycles. The SMILES string of the molecule is CCC[N+]1(C2C=CC=C([N+](=O)[O-])O2)c2ccccc2-c2ccccc21. The van der Waals surface area contributed by atoms with Crippen LogP contribution in [0, 0.1) is 10.1 Å². The van der Waals surface area contributed by atoms with Gasteiger partial charge in [0.25, 0.3) is 6.23 Å². The lowest BCUT2D eigenvalue weighted by Gasteiger charge is -2.39. The topological polar surface area (TPSA) is 52.4 Å². The number of nitrogens with zero attached hydrogens (tertiary/aromatic N) is 2. The van der Waals surface area contributed by atoms with Crippen molar-refractivity contribution in [3.05, 3.63) is 82.8 Å². The van der Waals surface area contributed by atoms with Gasteiger partial charge in [-0.2, -0.15) is 0 Å². The summed E-state index contributed by atoms with van der Waals surface area (Å²) >= 11 is 0. The molecule has 1 unspecified atom stereocenters. The molecule has 2 aromatic carbocycles. The van der Waals surface area contributed by atoms with Gasteiger partial charge in [0.1, 0.15) is 16.3 Å². The van der Waals surface area contributed by atoms with Gasteiger partial charge in [0.2, 0.25) is 0 Å². The molecule has 0 spiro atoms. The van der Waals surface area contributed by atoms with Gasteiger partial charge in [-0.05, 0) is 24.6 Å². The van der Waals surface area contributed by atoms with E-state index in [1.807, 2.05) is 30.3 Å². The average molecular weight is 335 g/mol. The number of hydrogen-bond acceptors (Lipinski definition) is 3. The lowest BCUT2D eigenvalue weighted by molar-refractivity contribution is -0.468. The van der Waals surface area contributed by atoms with Crippen LogP contribution >= 0.6 is 0 Å². The molecule has 0 saturated heterocycles. The second-order valence-corrected chi connectivity index (χ2v) is 6.28. The predicted octanol–water partition coefficient (Wildman–Crippen LogP) is 4.75. The molecular formula is C20H19N2O3+. The van der Waals surface area contributed by atoms with E-state index in [4.69, 9.17) is 4.74 Å². The number of rotatable bonds is 4. The normalized spacial score (nSPS) is 19.6. The van der Waals surface area contributed by atoms with Gasteiger partial charge in [-0.25, -0.2) is 4.48 Å². The molecule has 2 aliphatic heterocycles. The van der Waals surface area contributed by atoms with Gasteiger partial charge < -0.3 is 4.74 Å². The second-order valence-electron chi connectivity index (χ2n) is 6.28. The summed E-state index contributed by atoms with van der Waals surface area (Å²) in [7, 11) is 0. The third-order valence-corrected chi connectivity index (χ3v) is 4.90. The van der Waals surface area contributed by atoms with Crippen molar-refractivity contribution < 1.29 is 9.66 Å². The van der Waals surface area contributed by atoms with Crippen LogP contribution < -0.4 is 4.48 Å². The molecule has 1 atom stereocenters. The Hall–Kier alpha value is -2.92. The average Bonchev–Trinajstić information content (AvgIpc) is 2.94. The second kappa shape index (κ2) is 5.86.